The van der Waals surface area contributed by atoms with E-state index >= 15 is 0 Å². The molecule has 0 aliphatic carbocycles. The van der Waals surface area contributed by atoms with Crippen LogP contribution in [0.25, 0.3) is 0 Å². The van der Waals surface area contributed by atoms with Gasteiger partial charge in [-0.05, 0) is 13.0 Å². The van der Waals surface area contributed by atoms with Crippen molar-refractivity contribution in [2.24, 2.45) is 4.99 Å². The molecule has 158 valence electrons. The zero-order valence-corrected chi connectivity index (χ0v) is 16.3. The van der Waals surface area contributed by atoms with Crippen molar-refractivity contribution in [1.29, 1.82) is 0 Å². The lowest BCUT2D eigenvalue weighted by Gasteiger charge is -2.17. The van der Waals surface area contributed by atoms with Crippen LogP contribution in [0.5, 0.6) is 5.88 Å². The summed E-state index contributed by atoms with van der Waals surface area (Å²) in [5, 5.41) is 5.06. The molecule has 2 N–H and O–H groups in total. The van der Waals surface area contributed by atoms with Gasteiger partial charge in [-0.3, -0.25) is 4.79 Å². The molecule has 1 atom stereocenters. The highest BCUT2D eigenvalue weighted by Gasteiger charge is 2.30. The highest BCUT2D eigenvalue weighted by molar-refractivity contribution is 6.19. The number of aliphatic imine (C=N–C) groups is 1. The maximum absolute atomic E-state index is 14.7. The molecule has 0 saturated carbocycles. The van der Waals surface area contributed by atoms with Crippen LogP contribution in [0.4, 0.5) is 24.5 Å². The predicted molar refractivity (Wildman–Crippen MR) is 110 cm³/mol. The molecule has 0 bridgehead atoms. The van der Waals surface area contributed by atoms with Crippen LogP contribution < -0.4 is 15.4 Å². The Morgan fingerprint density at radius 3 is 2.48 bits per heavy atom. The molecule has 1 aromatic heterocycles. The zero-order valence-electron chi connectivity index (χ0n) is 16.3. The number of aromatic nitrogens is 1. The third-order valence-electron chi connectivity index (χ3n) is 4.56. The summed E-state index contributed by atoms with van der Waals surface area (Å²) in [5.41, 5.74) is 1.33. The topological polar surface area (TPSA) is 75.6 Å². The number of amides is 1. The van der Waals surface area contributed by atoms with Crippen molar-refractivity contribution in [2.75, 3.05) is 17.2 Å². The number of nitrogens with zero attached hydrogens (tertiary/aromatic N) is 2. The van der Waals surface area contributed by atoms with Gasteiger partial charge in [0.2, 0.25) is 11.6 Å². The van der Waals surface area contributed by atoms with Gasteiger partial charge in [-0.1, -0.05) is 48.5 Å². The number of halogens is 3. The Hall–Kier alpha value is -3.88. The zero-order chi connectivity index (χ0) is 22.0. The van der Waals surface area contributed by atoms with Crippen molar-refractivity contribution in [1.82, 2.24) is 4.98 Å². The highest BCUT2D eigenvalue weighted by Crippen LogP contribution is 2.30. The summed E-state index contributed by atoms with van der Waals surface area (Å²) in [7, 11) is 0. The monoisotopic (exact) mass is 426 g/mol. The van der Waals surface area contributed by atoms with Gasteiger partial charge in [-0.15, -0.1) is 0 Å². The van der Waals surface area contributed by atoms with Crippen LogP contribution >= 0.6 is 0 Å². The maximum Gasteiger partial charge on any atom is 0.269 e. The number of rotatable bonds is 5. The average Bonchev–Trinajstić information content (AvgIpc) is 2.92. The number of nitrogens with one attached hydrogen (secondary N) is 2. The summed E-state index contributed by atoms with van der Waals surface area (Å²) in [6.45, 7) is 1.53. The fourth-order valence-electron chi connectivity index (χ4n) is 3.17. The van der Waals surface area contributed by atoms with Crippen LogP contribution in [-0.2, 0) is 4.79 Å². The first-order valence-electron chi connectivity index (χ1n) is 9.47. The summed E-state index contributed by atoms with van der Waals surface area (Å²) in [4.78, 5) is 20.4. The van der Waals surface area contributed by atoms with Crippen molar-refractivity contribution in [2.45, 2.75) is 13.1 Å². The molecule has 0 saturated heterocycles. The molecule has 0 fully saturated rings. The number of pyridine rings is 1. The van der Waals surface area contributed by atoms with Gasteiger partial charge in [-0.25, -0.2) is 4.99 Å². The molecule has 0 unspecified atom stereocenters. The first-order chi connectivity index (χ1) is 15.0. The minimum Gasteiger partial charge on any atom is -0.476 e. The Balaban J connectivity index is 1.82. The largest absolute Gasteiger partial charge is 0.476 e. The molecule has 9 heteroatoms. The van der Waals surface area contributed by atoms with Crippen LogP contribution in [0.1, 0.15) is 18.1 Å². The quantitative estimate of drug-likeness (QED) is 0.602. The Labute approximate surface area is 175 Å². The van der Waals surface area contributed by atoms with Gasteiger partial charge in [0.15, 0.2) is 6.17 Å². The Kier molecular flexibility index (Phi) is 5.57. The molecular formula is C22H17F3N4O2. The summed E-state index contributed by atoms with van der Waals surface area (Å²) in [5.74, 6) is -5.78. The molecule has 2 heterocycles. The second-order valence-electron chi connectivity index (χ2n) is 6.57. The number of fused-ring (bicyclic) bond motifs is 1. The molecule has 6 nitrogen and oxygen atoms in total. The first kappa shape index (κ1) is 20.4. The predicted octanol–water partition coefficient (Wildman–Crippen LogP) is 4.13. The molecule has 1 aliphatic heterocycles. The Morgan fingerprint density at radius 1 is 1.03 bits per heavy atom. The van der Waals surface area contributed by atoms with Crippen LogP contribution in [0.15, 0.2) is 59.6 Å². The number of para-hydroxylation sites is 1. The number of anilines is 2. The van der Waals surface area contributed by atoms with Crippen LogP contribution in [0, 0.1) is 17.6 Å². The van der Waals surface area contributed by atoms with Crippen molar-refractivity contribution in [3.8, 4) is 5.88 Å². The van der Waals surface area contributed by atoms with Gasteiger partial charge in [0.05, 0.1) is 18.0 Å². The number of ether oxygens (including phenoxy) is 1. The second-order valence-corrected chi connectivity index (χ2v) is 6.57. The summed E-state index contributed by atoms with van der Waals surface area (Å²) in [6.07, 6.45) is -1.46. The average molecular weight is 426 g/mol. The molecule has 1 amide bonds. The lowest BCUT2D eigenvalue weighted by molar-refractivity contribution is -0.116. The number of benzene rings is 2. The van der Waals surface area contributed by atoms with E-state index in [1.54, 1.807) is 55.5 Å². The molecule has 31 heavy (non-hydrogen) atoms. The van der Waals surface area contributed by atoms with E-state index in [9.17, 15) is 18.0 Å². The molecule has 2 aromatic carbocycles. The van der Waals surface area contributed by atoms with E-state index in [-0.39, 0.29) is 6.61 Å². The van der Waals surface area contributed by atoms with E-state index in [0.717, 1.165) is 0 Å². The standard InChI is InChI=1S/C22H17F3N4O2/c1-2-31-22-16(24)18(15(23)19(25)29-22)28-20-21(30)26-14-11-7-6-10-13(14)17(27-20)12-8-4-3-5-9-12/h3-11,20H,2H2,1H3,(H,26,30)(H,28,29)/t20-/m1/s1. The summed E-state index contributed by atoms with van der Waals surface area (Å²) in [6, 6.07) is 16.0. The molecule has 1 aliphatic rings. The fourth-order valence-corrected chi connectivity index (χ4v) is 3.17. The highest BCUT2D eigenvalue weighted by atomic mass is 19.2. The number of hydrogen-bond donors (Lipinski definition) is 2. The van der Waals surface area contributed by atoms with Crippen LogP contribution in [-0.4, -0.2) is 29.4 Å². The van der Waals surface area contributed by atoms with Crippen molar-refractivity contribution in [3.63, 3.8) is 0 Å². The first-order valence-corrected chi connectivity index (χ1v) is 9.47. The normalized spacial score (nSPS) is 15.4. The molecule has 4 rings (SSSR count). The third kappa shape index (κ3) is 3.94. The second kappa shape index (κ2) is 8.47. The Morgan fingerprint density at radius 2 is 1.74 bits per heavy atom. The van der Waals surface area contributed by atoms with Gasteiger partial charge < -0.3 is 15.4 Å². The molecular weight excluding hydrogens is 409 g/mol. The van der Waals surface area contributed by atoms with Crippen LogP contribution in [0.2, 0.25) is 0 Å². The van der Waals surface area contributed by atoms with Gasteiger partial charge in [-0.2, -0.15) is 18.2 Å². The maximum atomic E-state index is 14.7. The van der Waals surface area contributed by atoms with E-state index in [0.29, 0.717) is 22.5 Å². The fraction of sp³-hybridized carbons (Fsp3) is 0.136. The number of carbonyl (C=O) groups excluding carboxylic acids is 1. The minimum absolute atomic E-state index is 0.00996. The number of carbonyl (C=O) groups is 1. The van der Waals surface area contributed by atoms with E-state index in [2.05, 4.69) is 20.6 Å². The van der Waals surface area contributed by atoms with Gasteiger partial charge >= 0.3 is 0 Å². The molecule has 3 aromatic rings. The summed E-state index contributed by atoms with van der Waals surface area (Å²) >= 11 is 0. The van der Waals surface area contributed by atoms with Crippen molar-refractivity contribution < 1.29 is 22.7 Å². The molecule has 0 spiro atoms. The van der Waals surface area contributed by atoms with E-state index < -0.39 is 41.2 Å². The third-order valence-corrected chi connectivity index (χ3v) is 4.56. The number of benzodiazepines with no additional fused rings is 1. The van der Waals surface area contributed by atoms with Crippen molar-refractivity contribution >= 4 is 23.0 Å². The van der Waals surface area contributed by atoms with Crippen LogP contribution in [0.3, 0.4) is 0 Å². The van der Waals surface area contributed by atoms with Crippen molar-refractivity contribution in [3.05, 3.63) is 83.3 Å². The Bertz CT molecular complexity index is 1170. The lowest BCUT2D eigenvalue weighted by atomic mass is 10.0. The SMILES string of the molecule is CCOc1nc(F)c(F)c(N[C@H]2N=C(c3ccccc3)c3ccccc3NC2=O)c1F. The van der Waals surface area contributed by atoms with Gasteiger partial charge in [0, 0.05) is 11.1 Å². The smallest absolute Gasteiger partial charge is 0.269 e. The molecule has 0 radical (unpaired) electrons. The van der Waals surface area contributed by atoms with E-state index in [1.165, 1.54) is 0 Å². The van der Waals surface area contributed by atoms with Gasteiger partial charge in [0.25, 0.3) is 17.7 Å². The van der Waals surface area contributed by atoms with Gasteiger partial charge in [0.1, 0.15) is 5.69 Å². The van der Waals surface area contributed by atoms with E-state index in [1.807, 2.05) is 6.07 Å². The lowest BCUT2D eigenvalue weighted by Crippen LogP contribution is -2.33. The minimum atomic E-state index is -1.58. The van der Waals surface area contributed by atoms with E-state index in [4.69, 9.17) is 4.74 Å². The summed E-state index contributed by atoms with van der Waals surface area (Å²) < 4.78 is 48.0. The number of hydrogen-bond acceptors (Lipinski definition) is 5.